The van der Waals surface area contributed by atoms with Crippen LogP contribution in [0.25, 0.3) is 0 Å². The first kappa shape index (κ1) is 15.3. The van der Waals surface area contributed by atoms with Gasteiger partial charge in [-0.15, -0.1) is 0 Å². The highest BCUT2D eigenvalue weighted by molar-refractivity contribution is 5.78. The molecule has 1 aromatic carbocycles. The Hall–Kier alpha value is -2.11. The number of piperidine rings is 1. The van der Waals surface area contributed by atoms with Gasteiger partial charge in [0.15, 0.2) is 12.4 Å². The minimum absolute atomic E-state index is 0.0975. The zero-order valence-corrected chi connectivity index (χ0v) is 12.2. The minimum atomic E-state index is -0.504. The maximum absolute atomic E-state index is 12.3. The van der Waals surface area contributed by atoms with Crippen LogP contribution >= 0.6 is 0 Å². The van der Waals surface area contributed by atoms with Gasteiger partial charge in [-0.05, 0) is 31.7 Å². The molecule has 114 valence electrons. The van der Waals surface area contributed by atoms with E-state index in [0.29, 0.717) is 0 Å². The molecule has 0 aliphatic carbocycles. The molecule has 1 fully saturated rings. The number of rotatable bonds is 5. The molecule has 0 bridgehead atoms. The van der Waals surface area contributed by atoms with Crippen molar-refractivity contribution in [3.05, 3.63) is 34.4 Å². The monoisotopic (exact) mass is 292 g/mol. The van der Waals surface area contributed by atoms with E-state index in [-0.39, 0.29) is 30.0 Å². The molecule has 1 amide bonds. The standard InChI is InChI=1S/C15H20N2O4/c1-2-12-7-5-6-10-16(12)15(18)11-21-14-9-4-3-8-13(14)17(19)20/h3-4,8-9,12H,2,5-7,10-11H2,1H3. The Morgan fingerprint density at radius 1 is 1.43 bits per heavy atom. The summed E-state index contributed by atoms with van der Waals surface area (Å²) in [6.45, 7) is 2.66. The van der Waals surface area contributed by atoms with Gasteiger partial charge in [-0.2, -0.15) is 0 Å². The summed E-state index contributed by atoms with van der Waals surface area (Å²) in [6, 6.07) is 6.38. The van der Waals surface area contributed by atoms with Crippen LogP contribution in [0.4, 0.5) is 5.69 Å². The van der Waals surface area contributed by atoms with E-state index in [9.17, 15) is 14.9 Å². The lowest BCUT2D eigenvalue weighted by Crippen LogP contribution is -2.45. The smallest absolute Gasteiger partial charge is 0.310 e. The third-order valence-electron chi connectivity index (χ3n) is 3.83. The van der Waals surface area contributed by atoms with E-state index in [2.05, 4.69) is 6.92 Å². The maximum atomic E-state index is 12.3. The first-order valence-corrected chi connectivity index (χ1v) is 7.29. The fourth-order valence-corrected chi connectivity index (χ4v) is 2.71. The molecule has 1 aromatic rings. The molecule has 6 heteroatoms. The number of hydrogen-bond donors (Lipinski definition) is 0. The van der Waals surface area contributed by atoms with Gasteiger partial charge in [0.25, 0.3) is 5.91 Å². The Morgan fingerprint density at radius 2 is 2.19 bits per heavy atom. The molecule has 1 atom stereocenters. The summed E-state index contributed by atoms with van der Waals surface area (Å²) in [7, 11) is 0. The van der Waals surface area contributed by atoms with Crippen molar-refractivity contribution in [1.29, 1.82) is 0 Å². The van der Waals surface area contributed by atoms with Crippen LogP contribution in [0, 0.1) is 10.1 Å². The van der Waals surface area contributed by atoms with Gasteiger partial charge in [-0.3, -0.25) is 14.9 Å². The third-order valence-corrected chi connectivity index (χ3v) is 3.83. The van der Waals surface area contributed by atoms with Gasteiger partial charge in [-0.1, -0.05) is 19.1 Å². The lowest BCUT2D eigenvalue weighted by molar-refractivity contribution is -0.385. The molecule has 21 heavy (non-hydrogen) atoms. The fraction of sp³-hybridized carbons (Fsp3) is 0.533. The molecule has 1 aliphatic heterocycles. The van der Waals surface area contributed by atoms with Crippen molar-refractivity contribution in [3.8, 4) is 5.75 Å². The summed E-state index contributed by atoms with van der Waals surface area (Å²) in [5, 5.41) is 10.9. The van der Waals surface area contributed by atoms with Gasteiger partial charge < -0.3 is 9.64 Å². The SMILES string of the molecule is CCC1CCCCN1C(=O)COc1ccccc1[N+](=O)[O-]. The van der Waals surface area contributed by atoms with Crippen LogP contribution in [0.3, 0.4) is 0 Å². The Morgan fingerprint density at radius 3 is 2.90 bits per heavy atom. The molecular formula is C15H20N2O4. The van der Waals surface area contributed by atoms with E-state index in [1.807, 2.05) is 4.90 Å². The number of para-hydroxylation sites is 2. The van der Waals surface area contributed by atoms with Crippen LogP contribution in [0.2, 0.25) is 0 Å². The molecule has 1 aliphatic rings. The van der Waals surface area contributed by atoms with Gasteiger partial charge in [0.05, 0.1) is 4.92 Å². The largest absolute Gasteiger partial charge is 0.477 e. The first-order chi connectivity index (χ1) is 10.1. The fourth-order valence-electron chi connectivity index (χ4n) is 2.71. The van der Waals surface area contributed by atoms with Crippen LogP contribution in [0.1, 0.15) is 32.6 Å². The second-order valence-corrected chi connectivity index (χ2v) is 5.16. The summed E-state index contributed by atoms with van der Waals surface area (Å²) in [4.78, 5) is 24.5. The summed E-state index contributed by atoms with van der Waals surface area (Å²) in [5.74, 6) is 0.0422. The molecular weight excluding hydrogens is 272 g/mol. The summed E-state index contributed by atoms with van der Waals surface area (Å²) < 4.78 is 5.37. The number of benzene rings is 1. The molecule has 1 unspecified atom stereocenters. The van der Waals surface area contributed by atoms with Crippen LogP contribution < -0.4 is 4.74 Å². The molecule has 0 radical (unpaired) electrons. The Bertz CT molecular complexity index is 518. The van der Waals surface area contributed by atoms with Crippen molar-refractivity contribution in [2.24, 2.45) is 0 Å². The summed E-state index contributed by atoms with van der Waals surface area (Å²) >= 11 is 0. The van der Waals surface area contributed by atoms with E-state index in [0.717, 1.165) is 32.2 Å². The van der Waals surface area contributed by atoms with Crippen LogP contribution in [0.15, 0.2) is 24.3 Å². The Kier molecular flexibility index (Phi) is 5.14. The van der Waals surface area contributed by atoms with Crippen LogP contribution in [0.5, 0.6) is 5.75 Å². The van der Waals surface area contributed by atoms with Crippen molar-refractivity contribution in [1.82, 2.24) is 4.90 Å². The number of amides is 1. The second kappa shape index (κ2) is 7.06. The topological polar surface area (TPSA) is 72.7 Å². The van der Waals surface area contributed by atoms with E-state index in [1.54, 1.807) is 12.1 Å². The zero-order valence-electron chi connectivity index (χ0n) is 12.2. The number of hydrogen-bond acceptors (Lipinski definition) is 4. The van der Waals surface area contributed by atoms with Crippen molar-refractivity contribution in [2.45, 2.75) is 38.6 Å². The van der Waals surface area contributed by atoms with Gasteiger partial charge in [0.1, 0.15) is 0 Å². The van der Waals surface area contributed by atoms with E-state index >= 15 is 0 Å². The molecule has 1 heterocycles. The average Bonchev–Trinajstić information content (AvgIpc) is 2.52. The number of nitrogens with zero attached hydrogens (tertiary/aromatic N) is 2. The highest BCUT2D eigenvalue weighted by Crippen LogP contribution is 2.26. The highest BCUT2D eigenvalue weighted by atomic mass is 16.6. The quantitative estimate of drug-likeness (QED) is 0.618. The molecule has 0 N–H and O–H groups in total. The molecule has 1 saturated heterocycles. The maximum Gasteiger partial charge on any atom is 0.310 e. The minimum Gasteiger partial charge on any atom is -0.477 e. The second-order valence-electron chi connectivity index (χ2n) is 5.16. The average molecular weight is 292 g/mol. The number of carbonyl (C=O) groups excluding carboxylic acids is 1. The van der Waals surface area contributed by atoms with Crippen molar-refractivity contribution < 1.29 is 14.5 Å². The van der Waals surface area contributed by atoms with E-state index in [1.165, 1.54) is 12.1 Å². The lowest BCUT2D eigenvalue weighted by atomic mass is 10.00. The number of nitro benzene ring substituents is 1. The van der Waals surface area contributed by atoms with Crippen LogP contribution in [-0.2, 0) is 4.79 Å². The van der Waals surface area contributed by atoms with Crippen molar-refractivity contribution >= 4 is 11.6 Å². The third kappa shape index (κ3) is 3.71. The van der Waals surface area contributed by atoms with Gasteiger partial charge in [0.2, 0.25) is 0 Å². The number of likely N-dealkylation sites (tertiary alicyclic amines) is 1. The van der Waals surface area contributed by atoms with Crippen LogP contribution in [-0.4, -0.2) is 34.9 Å². The molecule has 6 nitrogen and oxygen atoms in total. The van der Waals surface area contributed by atoms with Gasteiger partial charge in [0, 0.05) is 18.7 Å². The molecule has 0 aromatic heterocycles. The molecule has 0 saturated carbocycles. The zero-order chi connectivity index (χ0) is 15.2. The number of carbonyl (C=O) groups is 1. The predicted molar refractivity (Wildman–Crippen MR) is 78.2 cm³/mol. The summed E-state index contributed by atoms with van der Waals surface area (Å²) in [5.41, 5.74) is -0.115. The van der Waals surface area contributed by atoms with Crippen molar-refractivity contribution in [2.75, 3.05) is 13.2 Å². The normalized spacial score (nSPS) is 18.3. The summed E-state index contributed by atoms with van der Waals surface area (Å²) in [6.07, 6.45) is 4.10. The first-order valence-electron chi connectivity index (χ1n) is 7.29. The highest BCUT2D eigenvalue weighted by Gasteiger charge is 2.26. The Balaban J connectivity index is 1.99. The van der Waals surface area contributed by atoms with E-state index < -0.39 is 4.92 Å². The number of nitro groups is 1. The van der Waals surface area contributed by atoms with E-state index in [4.69, 9.17) is 4.74 Å². The molecule has 0 spiro atoms. The van der Waals surface area contributed by atoms with Crippen molar-refractivity contribution in [3.63, 3.8) is 0 Å². The van der Waals surface area contributed by atoms with Gasteiger partial charge in [-0.25, -0.2) is 0 Å². The number of ether oxygens (including phenoxy) is 1. The molecule has 2 rings (SSSR count). The predicted octanol–water partition coefficient (Wildman–Crippen LogP) is 2.76. The lowest BCUT2D eigenvalue weighted by Gasteiger charge is -2.35. The Labute approximate surface area is 123 Å². The van der Waals surface area contributed by atoms with Gasteiger partial charge >= 0.3 is 5.69 Å².